The van der Waals surface area contributed by atoms with Crippen molar-refractivity contribution in [1.82, 2.24) is 4.98 Å². The van der Waals surface area contributed by atoms with Crippen LogP contribution in [0.4, 0.5) is 6.01 Å². The molecule has 1 fully saturated rings. The van der Waals surface area contributed by atoms with Crippen molar-refractivity contribution in [2.24, 2.45) is 10.8 Å². The van der Waals surface area contributed by atoms with Crippen LogP contribution < -0.4 is 5.32 Å². The zero-order valence-electron chi connectivity index (χ0n) is 14.0. The summed E-state index contributed by atoms with van der Waals surface area (Å²) in [6, 6.07) is 8.46. The lowest BCUT2D eigenvalue weighted by Gasteiger charge is -2.46. The molecule has 0 amide bonds. The molecule has 1 heterocycles. The van der Waals surface area contributed by atoms with E-state index in [1.807, 2.05) is 31.4 Å². The molecule has 1 aromatic carbocycles. The zero-order chi connectivity index (χ0) is 15.8. The smallest absolute Gasteiger partial charge is 0.295 e. The van der Waals surface area contributed by atoms with Gasteiger partial charge in [0.25, 0.3) is 6.01 Å². The number of rotatable bonds is 4. The summed E-state index contributed by atoms with van der Waals surface area (Å²) in [5, 5.41) is 3.39. The number of nitrogens with one attached hydrogen (secondary N) is 1. The van der Waals surface area contributed by atoms with Crippen molar-refractivity contribution in [2.45, 2.75) is 46.1 Å². The highest BCUT2D eigenvalue weighted by Gasteiger charge is 2.41. The third kappa shape index (κ3) is 3.27. The zero-order valence-corrected chi connectivity index (χ0v) is 14.0. The van der Waals surface area contributed by atoms with Crippen molar-refractivity contribution in [2.75, 3.05) is 19.0 Å². The van der Waals surface area contributed by atoms with Crippen LogP contribution in [0.3, 0.4) is 0 Å². The quantitative estimate of drug-likeness (QED) is 0.905. The van der Waals surface area contributed by atoms with Gasteiger partial charge < -0.3 is 14.5 Å². The summed E-state index contributed by atoms with van der Waals surface area (Å²) in [6.07, 6.45) is 3.70. The summed E-state index contributed by atoms with van der Waals surface area (Å²) in [4.78, 5) is 4.49. The minimum Gasteiger partial charge on any atom is -0.424 e. The molecule has 0 saturated heterocycles. The average Bonchev–Trinajstić information content (AvgIpc) is 2.86. The second-order valence-electron chi connectivity index (χ2n) is 7.76. The Morgan fingerprint density at radius 3 is 2.77 bits per heavy atom. The Hall–Kier alpha value is -1.55. The van der Waals surface area contributed by atoms with Crippen molar-refractivity contribution < 1.29 is 9.15 Å². The summed E-state index contributed by atoms with van der Waals surface area (Å²) in [7, 11) is 1.82. The number of benzene rings is 1. The molecule has 22 heavy (non-hydrogen) atoms. The predicted octanol–water partition coefficient (Wildman–Crippen LogP) is 4.47. The molecule has 1 aliphatic rings. The second kappa shape index (κ2) is 5.58. The lowest BCUT2D eigenvalue weighted by Crippen LogP contribution is -2.42. The first-order valence-electron chi connectivity index (χ1n) is 8.01. The normalized spacial score (nSPS) is 27.9. The third-order valence-electron chi connectivity index (χ3n) is 4.70. The maximum Gasteiger partial charge on any atom is 0.295 e. The van der Waals surface area contributed by atoms with Gasteiger partial charge in [-0.3, -0.25) is 0 Å². The average molecular weight is 302 g/mol. The van der Waals surface area contributed by atoms with Crippen molar-refractivity contribution in [3.8, 4) is 0 Å². The highest BCUT2D eigenvalue weighted by atomic mass is 16.5. The maximum atomic E-state index is 5.76. The Kier molecular flexibility index (Phi) is 3.89. The third-order valence-corrected chi connectivity index (χ3v) is 4.70. The molecule has 1 N–H and O–H groups in total. The van der Waals surface area contributed by atoms with E-state index < -0.39 is 0 Å². The molecule has 120 valence electrons. The van der Waals surface area contributed by atoms with E-state index in [1.165, 1.54) is 6.42 Å². The summed E-state index contributed by atoms with van der Waals surface area (Å²) in [5.74, 6) is 0. The highest BCUT2D eigenvalue weighted by molar-refractivity contribution is 5.74. The Balaban J connectivity index is 1.71. The molecule has 0 radical (unpaired) electrons. The lowest BCUT2D eigenvalue weighted by atomic mass is 9.63. The Morgan fingerprint density at radius 2 is 2.05 bits per heavy atom. The molecule has 2 unspecified atom stereocenters. The van der Waals surface area contributed by atoms with Gasteiger partial charge in [-0.1, -0.05) is 32.9 Å². The number of aromatic nitrogens is 1. The molecular weight excluding hydrogens is 276 g/mol. The largest absolute Gasteiger partial charge is 0.424 e. The van der Waals surface area contributed by atoms with E-state index in [0.717, 1.165) is 30.5 Å². The van der Waals surface area contributed by atoms with Crippen LogP contribution in [0.15, 0.2) is 28.7 Å². The summed E-state index contributed by atoms with van der Waals surface area (Å²) in [6.45, 7) is 7.84. The van der Waals surface area contributed by atoms with Crippen LogP contribution in [0.25, 0.3) is 11.1 Å². The second-order valence-corrected chi connectivity index (χ2v) is 7.76. The SMILES string of the molecule is COC1CC(C)(C)CC(C)(CNc2nc3ccccc3o2)C1. The molecule has 1 saturated carbocycles. The molecule has 2 aromatic rings. The number of anilines is 1. The minimum absolute atomic E-state index is 0.184. The van der Waals surface area contributed by atoms with Gasteiger partial charge >= 0.3 is 0 Å². The van der Waals surface area contributed by atoms with Gasteiger partial charge in [-0.15, -0.1) is 0 Å². The molecule has 1 aliphatic carbocycles. The van der Waals surface area contributed by atoms with Crippen molar-refractivity contribution in [1.29, 1.82) is 0 Å². The maximum absolute atomic E-state index is 5.76. The van der Waals surface area contributed by atoms with Crippen molar-refractivity contribution in [3.63, 3.8) is 0 Å². The molecular formula is C18H26N2O2. The number of nitrogens with zero attached hydrogens (tertiary/aromatic N) is 1. The number of fused-ring (bicyclic) bond motifs is 1. The fourth-order valence-corrected chi connectivity index (χ4v) is 4.08. The Morgan fingerprint density at radius 1 is 1.27 bits per heavy atom. The van der Waals surface area contributed by atoms with Gasteiger partial charge in [-0.2, -0.15) is 4.98 Å². The first-order chi connectivity index (χ1) is 10.4. The van der Waals surface area contributed by atoms with Crippen LogP contribution in [0.2, 0.25) is 0 Å². The first-order valence-corrected chi connectivity index (χ1v) is 8.01. The van der Waals surface area contributed by atoms with Gasteiger partial charge in [0.05, 0.1) is 6.10 Å². The number of methoxy groups -OCH3 is 1. The number of ether oxygens (including phenoxy) is 1. The molecule has 2 atom stereocenters. The number of para-hydroxylation sites is 2. The van der Waals surface area contributed by atoms with Crippen LogP contribution in [0.1, 0.15) is 40.0 Å². The van der Waals surface area contributed by atoms with Gasteiger partial charge in [0, 0.05) is 13.7 Å². The molecule has 1 aromatic heterocycles. The van der Waals surface area contributed by atoms with Gasteiger partial charge in [0.15, 0.2) is 5.58 Å². The summed E-state index contributed by atoms with van der Waals surface area (Å²) < 4.78 is 11.4. The van der Waals surface area contributed by atoms with Crippen LogP contribution in [-0.2, 0) is 4.74 Å². The summed E-state index contributed by atoms with van der Waals surface area (Å²) >= 11 is 0. The van der Waals surface area contributed by atoms with Crippen LogP contribution in [0, 0.1) is 10.8 Å². The predicted molar refractivity (Wildman–Crippen MR) is 89.0 cm³/mol. The van der Waals surface area contributed by atoms with Gasteiger partial charge in [0.1, 0.15) is 5.52 Å². The molecule has 3 rings (SSSR count). The fourth-order valence-electron chi connectivity index (χ4n) is 4.08. The lowest BCUT2D eigenvalue weighted by molar-refractivity contribution is -0.0289. The fraction of sp³-hybridized carbons (Fsp3) is 0.611. The molecule has 4 heteroatoms. The van der Waals surface area contributed by atoms with Crippen molar-refractivity contribution in [3.05, 3.63) is 24.3 Å². The molecule has 0 spiro atoms. The number of oxazole rings is 1. The molecule has 4 nitrogen and oxygen atoms in total. The first kappa shape index (κ1) is 15.3. The standard InChI is InChI=1S/C18H26N2O2/c1-17(2)9-13(21-4)10-18(3,11-17)12-19-16-20-14-7-5-6-8-15(14)22-16/h5-8,13H,9-12H2,1-4H3,(H,19,20). The Bertz CT molecular complexity index is 616. The van der Waals surface area contributed by atoms with E-state index in [-0.39, 0.29) is 5.41 Å². The van der Waals surface area contributed by atoms with Gasteiger partial charge in [-0.25, -0.2) is 0 Å². The minimum atomic E-state index is 0.184. The van der Waals surface area contributed by atoms with E-state index in [0.29, 0.717) is 17.5 Å². The van der Waals surface area contributed by atoms with Crippen LogP contribution in [-0.4, -0.2) is 24.7 Å². The van der Waals surface area contributed by atoms with Gasteiger partial charge in [-0.05, 0) is 42.2 Å². The Labute approximate surface area is 132 Å². The van der Waals surface area contributed by atoms with Crippen LogP contribution >= 0.6 is 0 Å². The van der Waals surface area contributed by atoms with E-state index in [1.54, 1.807) is 0 Å². The monoisotopic (exact) mass is 302 g/mol. The van der Waals surface area contributed by atoms with E-state index >= 15 is 0 Å². The van der Waals surface area contributed by atoms with E-state index in [2.05, 4.69) is 31.1 Å². The van der Waals surface area contributed by atoms with E-state index in [4.69, 9.17) is 9.15 Å². The molecule has 0 aliphatic heterocycles. The topological polar surface area (TPSA) is 47.3 Å². The van der Waals surface area contributed by atoms with Crippen molar-refractivity contribution >= 4 is 17.1 Å². The summed E-state index contributed by atoms with van der Waals surface area (Å²) in [5.41, 5.74) is 2.21. The number of hydrogen-bond donors (Lipinski definition) is 1. The highest BCUT2D eigenvalue weighted by Crippen LogP contribution is 2.46. The van der Waals surface area contributed by atoms with E-state index in [9.17, 15) is 0 Å². The number of hydrogen-bond acceptors (Lipinski definition) is 4. The van der Waals surface area contributed by atoms with Crippen LogP contribution in [0.5, 0.6) is 0 Å². The molecule has 0 bridgehead atoms. The van der Waals surface area contributed by atoms with Gasteiger partial charge in [0.2, 0.25) is 0 Å².